The number of nitrogens with zero attached hydrogens (tertiary/aromatic N) is 2. The van der Waals surface area contributed by atoms with Gasteiger partial charge in [0.05, 0.1) is 11.6 Å². The molecule has 0 unspecified atom stereocenters. The van der Waals surface area contributed by atoms with E-state index in [9.17, 15) is 9.59 Å². The molecule has 1 fully saturated rings. The minimum absolute atomic E-state index is 0.0533. The number of hydrogen-bond acceptors (Lipinski definition) is 4. The molecule has 160 valence electrons. The van der Waals surface area contributed by atoms with E-state index in [0.717, 1.165) is 16.8 Å². The Morgan fingerprint density at radius 2 is 1.80 bits per heavy atom. The number of hydrogen-bond donors (Lipinski definition) is 1. The Hall–Kier alpha value is -2.28. The average Bonchev–Trinajstić information content (AvgIpc) is 2.72. The number of amides is 2. The summed E-state index contributed by atoms with van der Waals surface area (Å²) in [7, 11) is 0. The van der Waals surface area contributed by atoms with Crippen LogP contribution in [-0.2, 0) is 9.59 Å². The van der Waals surface area contributed by atoms with Crippen molar-refractivity contribution in [2.24, 2.45) is 0 Å². The largest absolute Gasteiger partial charge is 0.482 e. The Balaban J connectivity index is 1.44. The topological polar surface area (TPSA) is 61.9 Å². The molecule has 0 spiro atoms. The summed E-state index contributed by atoms with van der Waals surface area (Å²) in [5, 5.41) is 3.88. The van der Waals surface area contributed by atoms with Crippen LogP contribution in [0, 0.1) is 13.8 Å². The fraction of sp³-hybridized carbons (Fsp3) is 0.364. The van der Waals surface area contributed by atoms with Crippen LogP contribution in [0.25, 0.3) is 0 Å². The molecule has 0 saturated carbocycles. The van der Waals surface area contributed by atoms with Gasteiger partial charge >= 0.3 is 0 Å². The van der Waals surface area contributed by atoms with Crippen LogP contribution in [0.1, 0.15) is 11.1 Å². The number of ether oxygens (including phenoxy) is 1. The number of rotatable bonds is 6. The van der Waals surface area contributed by atoms with E-state index in [1.165, 1.54) is 0 Å². The predicted molar refractivity (Wildman–Crippen MR) is 120 cm³/mol. The number of piperazine rings is 1. The molecule has 1 aliphatic rings. The van der Waals surface area contributed by atoms with Crippen LogP contribution in [-0.4, -0.2) is 60.9 Å². The highest BCUT2D eigenvalue weighted by molar-refractivity contribution is 6.34. The summed E-state index contributed by atoms with van der Waals surface area (Å²) in [4.78, 5) is 28.6. The standard InChI is InChI=1S/C22H25Cl2N3O3/c1-15-4-3-5-19(16(15)2)25-21(28)13-26-8-10-27(11-9-26)22(29)14-30-20-12-17(23)6-7-18(20)24/h3-7,12H,8-11,13-14H2,1-2H3,(H,25,28). The zero-order valence-corrected chi connectivity index (χ0v) is 18.6. The lowest BCUT2D eigenvalue weighted by Gasteiger charge is -2.34. The Bertz CT molecular complexity index is 928. The third-order valence-electron chi connectivity index (χ3n) is 5.22. The molecule has 1 saturated heterocycles. The first-order valence-electron chi connectivity index (χ1n) is 9.77. The van der Waals surface area contributed by atoms with Gasteiger partial charge in [-0.3, -0.25) is 14.5 Å². The molecule has 2 aromatic rings. The minimum Gasteiger partial charge on any atom is -0.482 e. The molecule has 1 N–H and O–H groups in total. The van der Waals surface area contributed by atoms with Gasteiger partial charge in [0.15, 0.2) is 6.61 Å². The maximum absolute atomic E-state index is 12.4. The molecule has 1 heterocycles. The van der Waals surface area contributed by atoms with Crippen molar-refractivity contribution in [2.75, 3.05) is 44.6 Å². The van der Waals surface area contributed by atoms with E-state index in [-0.39, 0.29) is 18.4 Å². The van der Waals surface area contributed by atoms with Crippen molar-refractivity contribution in [3.8, 4) is 5.75 Å². The summed E-state index contributed by atoms with van der Waals surface area (Å²) < 4.78 is 5.53. The lowest BCUT2D eigenvalue weighted by atomic mass is 10.1. The highest BCUT2D eigenvalue weighted by Crippen LogP contribution is 2.27. The van der Waals surface area contributed by atoms with Gasteiger partial charge < -0.3 is 15.0 Å². The van der Waals surface area contributed by atoms with Crippen LogP contribution in [0.5, 0.6) is 5.75 Å². The smallest absolute Gasteiger partial charge is 0.260 e. The van der Waals surface area contributed by atoms with Crippen molar-refractivity contribution >= 4 is 40.7 Å². The van der Waals surface area contributed by atoms with Crippen molar-refractivity contribution in [3.63, 3.8) is 0 Å². The second kappa shape index (κ2) is 10.2. The Labute approximate surface area is 186 Å². The van der Waals surface area contributed by atoms with Crippen LogP contribution in [0.4, 0.5) is 5.69 Å². The normalized spacial score (nSPS) is 14.5. The van der Waals surface area contributed by atoms with Crippen molar-refractivity contribution < 1.29 is 14.3 Å². The van der Waals surface area contributed by atoms with Crippen LogP contribution in [0.15, 0.2) is 36.4 Å². The van der Waals surface area contributed by atoms with Gasteiger partial charge in [0.1, 0.15) is 5.75 Å². The van der Waals surface area contributed by atoms with Crippen molar-refractivity contribution in [2.45, 2.75) is 13.8 Å². The lowest BCUT2D eigenvalue weighted by Crippen LogP contribution is -2.51. The summed E-state index contributed by atoms with van der Waals surface area (Å²) in [6.07, 6.45) is 0. The van der Waals surface area contributed by atoms with E-state index < -0.39 is 0 Å². The second-order valence-electron chi connectivity index (χ2n) is 7.32. The molecule has 0 radical (unpaired) electrons. The number of aryl methyl sites for hydroxylation is 1. The van der Waals surface area contributed by atoms with Crippen molar-refractivity contribution in [3.05, 3.63) is 57.6 Å². The highest BCUT2D eigenvalue weighted by atomic mass is 35.5. The van der Waals surface area contributed by atoms with E-state index in [2.05, 4.69) is 5.32 Å². The van der Waals surface area contributed by atoms with Crippen molar-refractivity contribution in [1.82, 2.24) is 9.80 Å². The first kappa shape index (κ1) is 22.4. The van der Waals surface area contributed by atoms with E-state index in [0.29, 0.717) is 48.5 Å². The van der Waals surface area contributed by atoms with E-state index in [1.807, 2.05) is 36.9 Å². The molecule has 0 aromatic heterocycles. The highest BCUT2D eigenvalue weighted by Gasteiger charge is 2.23. The zero-order valence-electron chi connectivity index (χ0n) is 17.1. The molecule has 3 rings (SSSR count). The van der Waals surface area contributed by atoms with Gasteiger partial charge in [-0.25, -0.2) is 0 Å². The third-order valence-corrected chi connectivity index (χ3v) is 5.76. The summed E-state index contributed by atoms with van der Waals surface area (Å²) in [6.45, 7) is 6.55. The molecule has 2 aromatic carbocycles. The third kappa shape index (κ3) is 5.88. The summed E-state index contributed by atoms with van der Waals surface area (Å²) >= 11 is 12.0. The number of anilines is 1. The average molecular weight is 450 g/mol. The fourth-order valence-electron chi connectivity index (χ4n) is 3.25. The molecule has 0 atom stereocenters. The summed E-state index contributed by atoms with van der Waals surface area (Å²) in [5.74, 6) is 0.215. The van der Waals surface area contributed by atoms with Gasteiger partial charge in [0.2, 0.25) is 5.91 Å². The number of benzene rings is 2. The molecule has 0 aliphatic carbocycles. The quantitative estimate of drug-likeness (QED) is 0.728. The molecule has 6 nitrogen and oxygen atoms in total. The van der Waals surface area contributed by atoms with Crippen LogP contribution >= 0.6 is 23.2 Å². The van der Waals surface area contributed by atoms with Gasteiger partial charge in [0, 0.05) is 43.0 Å². The number of nitrogens with one attached hydrogen (secondary N) is 1. The molecule has 30 heavy (non-hydrogen) atoms. The van der Waals surface area contributed by atoms with Gasteiger partial charge in [-0.1, -0.05) is 35.3 Å². The van der Waals surface area contributed by atoms with Crippen LogP contribution in [0.2, 0.25) is 10.0 Å². The Kier molecular flexibility index (Phi) is 7.58. The Morgan fingerprint density at radius 1 is 1.07 bits per heavy atom. The van der Waals surface area contributed by atoms with E-state index in [4.69, 9.17) is 27.9 Å². The molecule has 2 amide bonds. The van der Waals surface area contributed by atoms with Gasteiger partial charge in [0.25, 0.3) is 5.91 Å². The molecular weight excluding hydrogens is 425 g/mol. The maximum Gasteiger partial charge on any atom is 0.260 e. The van der Waals surface area contributed by atoms with Crippen LogP contribution < -0.4 is 10.1 Å². The number of carbonyl (C=O) groups excluding carboxylic acids is 2. The first-order chi connectivity index (χ1) is 14.3. The van der Waals surface area contributed by atoms with E-state index in [1.54, 1.807) is 23.1 Å². The SMILES string of the molecule is Cc1cccc(NC(=O)CN2CCN(C(=O)COc3cc(Cl)ccc3Cl)CC2)c1C. The fourth-order valence-corrected chi connectivity index (χ4v) is 3.59. The molecular formula is C22H25Cl2N3O3. The second-order valence-corrected chi connectivity index (χ2v) is 8.16. The first-order valence-corrected chi connectivity index (χ1v) is 10.5. The van der Waals surface area contributed by atoms with Crippen LogP contribution in [0.3, 0.4) is 0 Å². The van der Waals surface area contributed by atoms with Gasteiger partial charge in [-0.05, 0) is 43.2 Å². The number of carbonyl (C=O) groups is 2. The lowest BCUT2D eigenvalue weighted by molar-refractivity contribution is -0.135. The molecule has 0 bridgehead atoms. The van der Waals surface area contributed by atoms with Gasteiger partial charge in [-0.2, -0.15) is 0 Å². The number of halogens is 2. The minimum atomic E-state index is -0.120. The molecule has 8 heteroatoms. The predicted octanol–water partition coefficient (Wildman–Crippen LogP) is 3.77. The Morgan fingerprint density at radius 3 is 2.53 bits per heavy atom. The van der Waals surface area contributed by atoms with Gasteiger partial charge in [-0.15, -0.1) is 0 Å². The van der Waals surface area contributed by atoms with E-state index >= 15 is 0 Å². The monoisotopic (exact) mass is 449 g/mol. The summed E-state index contributed by atoms with van der Waals surface area (Å²) in [6, 6.07) is 10.7. The summed E-state index contributed by atoms with van der Waals surface area (Å²) in [5.41, 5.74) is 3.05. The maximum atomic E-state index is 12.4. The van der Waals surface area contributed by atoms with Crippen molar-refractivity contribution in [1.29, 1.82) is 0 Å². The molecule has 1 aliphatic heterocycles. The zero-order chi connectivity index (χ0) is 21.7.